The second kappa shape index (κ2) is 7.34. The van der Waals surface area contributed by atoms with Crippen LogP contribution in [0, 0.1) is 0 Å². The van der Waals surface area contributed by atoms with Gasteiger partial charge in [-0.2, -0.15) is 0 Å². The Hall–Kier alpha value is -2.88. The van der Waals surface area contributed by atoms with E-state index in [-0.39, 0.29) is 0 Å². The summed E-state index contributed by atoms with van der Waals surface area (Å²) < 4.78 is 21.6. The molecule has 0 fully saturated rings. The Morgan fingerprint density at radius 1 is 0.640 bits per heavy atom. The summed E-state index contributed by atoms with van der Waals surface area (Å²) in [5, 5.41) is 2.27. The Morgan fingerprint density at radius 2 is 1.28 bits per heavy atom. The highest BCUT2D eigenvalue weighted by molar-refractivity contribution is 5.89. The minimum atomic E-state index is 0.731. The first-order valence-corrected chi connectivity index (χ1v) is 8.04. The molecule has 3 aromatic carbocycles. The predicted molar refractivity (Wildman–Crippen MR) is 99.4 cm³/mol. The van der Waals surface area contributed by atoms with E-state index < -0.39 is 0 Å². The van der Waals surface area contributed by atoms with Crippen LogP contribution in [0.2, 0.25) is 0 Å². The van der Waals surface area contributed by atoms with Gasteiger partial charge in [0.2, 0.25) is 0 Å². The van der Waals surface area contributed by atoms with Crippen LogP contribution < -0.4 is 18.9 Å². The van der Waals surface area contributed by atoms with Crippen LogP contribution in [-0.2, 0) is 6.42 Å². The van der Waals surface area contributed by atoms with Crippen LogP contribution in [0.5, 0.6) is 23.0 Å². The van der Waals surface area contributed by atoms with Crippen LogP contribution in [-0.4, -0.2) is 28.4 Å². The molecule has 0 aliphatic rings. The van der Waals surface area contributed by atoms with E-state index in [0.29, 0.717) is 0 Å². The summed E-state index contributed by atoms with van der Waals surface area (Å²) in [6.07, 6.45) is 0.785. The molecule has 0 unspecified atom stereocenters. The van der Waals surface area contributed by atoms with Gasteiger partial charge in [0.15, 0.2) is 23.0 Å². The van der Waals surface area contributed by atoms with E-state index in [2.05, 4.69) is 24.3 Å². The molecule has 0 N–H and O–H groups in total. The number of hydrogen-bond acceptors (Lipinski definition) is 4. The molecule has 4 nitrogen and oxygen atoms in total. The zero-order valence-electron chi connectivity index (χ0n) is 15.0. The third-order valence-corrected chi connectivity index (χ3v) is 4.32. The van der Waals surface area contributed by atoms with E-state index in [0.717, 1.165) is 45.8 Å². The maximum Gasteiger partial charge on any atom is 0.161 e. The fourth-order valence-corrected chi connectivity index (χ4v) is 3.03. The van der Waals surface area contributed by atoms with Gasteiger partial charge in [0.25, 0.3) is 0 Å². The standard InChI is InChI=1S/C21H22O4/c1-22-18-9-8-14(11-19(18)23-2)10-15-6-5-7-16-12-20(24-3)21(25-4)13-17(15)16/h5-9,11-13H,10H2,1-4H3. The number of fused-ring (bicyclic) bond motifs is 1. The van der Waals surface area contributed by atoms with Crippen molar-refractivity contribution in [3.8, 4) is 23.0 Å². The average Bonchev–Trinajstić information content (AvgIpc) is 2.66. The van der Waals surface area contributed by atoms with Gasteiger partial charge in [-0.15, -0.1) is 0 Å². The molecule has 0 aliphatic carbocycles. The molecule has 0 atom stereocenters. The molecule has 4 heteroatoms. The van der Waals surface area contributed by atoms with Crippen molar-refractivity contribution >= 4 is 10.8 Å². The first-order chi connectivity index (χ1) is 12.2. The maximum absolute atomic E-state index is 5.45. The number of hydrogen-bond donors (Lipinski definition) is 0. The van der Waals surface area contributed by atoms with Crippen LogP contribution in [0.4, 0.5) is 0 Å². The second-order valence-electron chi connectivity index (χ2n) is 5.71. The summed E-state index contributed by atoms with van der Waals surface area (Å²) in [6.45, 7) is 0. The third kappa shape index (κ3) is 3.33. The van der Waals surface area contributed by atoms with Gasteiger partial charge in [0.05, 0.1) is 28.4 Å². The van der Waals surface area contributed by atoms with Gasteiger partial charge in [-0.1, -0.05) is 24.3 Å². The van der Waals surface area contributed by atoms with Gasteiger partial charge >= 0.3 is 0 Å². The molecule has 0 bridgehead atoms. The van der Waals surface area contributed by atoms with Crippen molar-refractivity contribution in [1.29, 1.82) is 0 Å². The van der Waals surface area contributed by atoms with E-state index in [1.54, 1.807) is 28.4 Å². The summed E-state index contributed by atoms with van der Waals surface area (Å²) in [5.74, 6) is 2.93. The molecule has 0 radical (unpaired) electrons. The molecular formula is C21H22O4. The fourth-order valence-electron chi connectivity index (χ4n) is 3.03. The van der Waals surface area contributed by atoms with E-state index in [9.17, 15) is 0 Å². The monoisotopic (exact) mass is 338 g/mol. The lowest BCUT2D eigenvalue weighted by Gasteiger charge is -2.13. The van der Waals surface area contributed by atoms with Gasteiger partial charge in [0, 0.05) is 0 Å². The Morgan fingerprint density at radius 3 is 1.96 bits per heavy atom. The Bertz CT molecular complexity index is 886. The van der Waals surface area contributed by atoms with Crippen LogP contribution in [0.3, 0.4) is 0 Å². The van der Waals surface area contributed by atoms with Crippen LogP contribution in [0.25, 0.3) is 10.8 Å². The summed E-state index contributed by atoms with van der Waals surface area (Å²) in [7, 11) is 6.59. The molecule has 0 aromatic heterocycles. The summed E-state index contributed by atoms with van der Waals surface area (Å²) >= 11 is 0. The molecular weight excluding hydrogens is 316 g/mol. The van der Waals surface area contributed by atoms with Crippen molar-refractivity contribution in [2.24, 2.45) is 0 Å². The SMILES string of the molecule is COc1ccc(Cc2cccc3cc(OC)c(OC)cc23)cc1OC. The van der Waals surface area contributed by atoms with Crippen molar-refractivity contribution in [3.63, 3.8) is 0 Å². The molecule has 25 heavy (non-hydrogen) atoms. The zero-order valence-corrected chi connectivity index (χ0v) is 15.0. The Labute approximate surface area is 147 Å². The van der Waals surface area contributed by atoms with E-state index in [1.807, 2.05) is 24.3 Å². The van der Waals surface area contributed by atoms with Crippen LogP contribution in [0.15, 0.2) is 48.5 Å². The molecule has 0 heterocycles. The van der Waals surface area contributed by atoms with E-state index in [1.165, 1.54) is 5.56 Å². The Kier molecular flexibility index (Phi) is 4.98. The van der Waals surface area contributed by atoms with Crippen molar-refractivity contribution in [2.75, 3.05) is 28.4 Å². The highest BCUT2D eigenvalue weighted by Crippen LogP contribution is 2.35. The Balaban J connectivity index is 2.04. The van der Waals surface area contributed by atoms with Crippen molar-refractivity contribution in [1.82, 2.24) is 0 Å². The lowest BCUT2D eigenvalue weighted by molar-refractivity contribution is 0.354. The minimum Gasteiger partial charge on any atom is -0.493 e. The van der Waals surface area contributed by atoms with Crippen LogP contribution >= 0.6 is 0 Å². The summed E-state index contributed by atoms with van der Waals surface area (Å²) in [6, 6.07) is 16.3. The van der Waals surface area contributed by atoms with Gasteiger partial charge < -0.3 is 18.9 Å². The molecule has 3 aromatic rings. The van der Waals surface area contributed by atoms with Gasteiger partial charge in [-0.25, -0.2) is 0 Å². The molecule has 3 rings (SSSR count). The maximum atomic E-state index is 5.45. The normalized spacial score (nSPS) is 10.6. The van der Waals surface area contributed by atoms with Crippen molar-refractivity contribution < 1.29 is 18.9 Å². The van der Waals surface area contributed by atoms with Crippen molar-refractivity contribution in [2.45, 2.75) is 6.42 Å². The zero-order chi connectivity index (χ0) is 17.8. The lowest BCUT2D eigenvalue weighted by atomic mass is 9.97. The average molecular weight is 338 g/mol. The van der Waals surface area contributed by atoms with E-state index in [4.69, 9.17) is 18.9 Å². The van der Waals surface area contributed by atoms with Crippen LogP contribution in [0.1, 0.15) is 11.1 Å². The quantitative estimate of drug-likeness (QED) is 0.665. The second-order valence-corrected chi connectivity index (χ2v) is 5.71. The minimum absolute atomic E-state index is 0.731. The molecule has 130 valence electrons. The highest BCUT2D eigenvalue weighted by Gasteiger charge is 2.11. The van der Waals surface area contributed by atoms with Gasteiger partial charge in [-0.05, 0) is 52.6 Å². The largest absolute Gasteiger partial charge is 0.493 e. The first kappa shape index (κ1) is 17.0. The molecule has 0 spiro atoms. The predicted octanol–water partition coefficient (Wildman–Crippen LogP) is 4.47. The number of benzene rings is 3. The summed E-state index contributed by atoms with van der Waals surface area (Å²) in [5.41, 5.74) is 2.37. The fraction of sp³-hybridized carbons (Fsp3) is 0.238. The highest BCUT2D eigenvalue weighted by atomic mass is 16.5. The van der Waals surface area contributed by atoms with Crippen molar-refractivity contribution in [3.05, 3.63) is 59.7 Å². The third-order valence-electron chi connectivity index (χ3n) is 4.32. The number of rotatable bonds is 6. The van der Waals surface area contributed by atoms with E-state index >= 15 is 0 Å². The van der Waals surface area contributed by atoms with Gasteiger partial charge in [0.1, 0.15) is 0 Å². The molecule has 0 saturated heterocycles. The summed E-state index contributed by atoms with van der Waals surface area (Å²) in [4.78, 5) is 0. The first-order valence-electron chi connectivity index (χ1n) is 8.04. The molecule has 0 aliphatic heterocycles. The number of methoxy groups -OCH3 is 4. The van der Waals surface area contributed by atoms with Gasteiger partial charge in [-0.3, -0.25) is 0 Å². The number of ether oxygens (including phenoxy) is 4. The smallest absolute Gasteiger partial charge is 0.161 e. The molecule has 0 amide bonds. The lowest BCUT2D eigenvalue weighted by Crippen LogP contribution is -1.95. The molecule has 0 saturated carbocycles. The topological polar surface area (TPSA) is 36.9 Å².